The highest BCUT2D eigenvalue weighted by molar-refractivity contribution is 5.97. The molecule has 1 aromatic heterocycles. The van der Waals surface area contributed by atoms with Gasteiger partial charge in [0.15, 0.2) is 0 Å². The molecule has 2 aliphatic rings. The van der Waals surface area contributed by atoms with E-state index in [0.29, 0.717) is 45.3 Å². The first kappa shape index (κ1) is 21.2. The van der Waals surface area contributed by atoms with Crippen molar-refractivity contribution in [2.24, 2.45) is 0 Å². The van der Waals surface area contributed by atoms with Gasteiger partial charge in [0.2, 0.25) is 5.95 Å². The van der Waals surface area contributed by atoms with Gasteiger partial charge in [-0.3, -0.25) is 4.79 Å². The molecule has 31 heavy (non-hydrogen) atoms. The smallest absolute Gasteiger partial charge is 0.405 e. The van der Waals surface area contributed by atoms with E-state index in [1.807, 2.05) is 11.0 Å². The van der Waals surface area contributed by atoms with Crippen LogP contribution in [0.25, 0.3) is 0 Å². The van der Waals surface area contributed by atoms with Gasteiger partial charge in [-0.05, 0) is 18.2 Å². The minimum Gasteiger partial charge on any atom is -0.405 e. The second-order valence-corrected chi connectivity index (χ2v) is 7.14. The number of benzene rings is 1. The highest BCUT2D eigenvalue weighted by Crippen LogP contribution is 2.27. The number of para-hydroxylation sites is 1. The molecule has 0 atom stereocenters. The average Bonchev–Trinajstić information content (AvgIpc) is 2.79. The molecular weight excluding hydrogens is 415 g/mol. The summed E-state index contributed by atoms with van der Waals surface area (Å²) in [6.45, 7) is 4.45. The van der Waals surface area contributed by atoms with Gasteiger partial charge in [0.05, 0.1) is 18.8 Å². The number of rotatable bonds is 4. The average molecular weight is 437 g/mol. The van der Waals surface area contributed by atoms with Crippen LogP contribution in [0.1, 0.15) is 10.4 Å². The molecule has 3 heterocycles. The van der Waals surface area contributed by atoms with Crippen LogP contribution < -0.4 is 14.5 Å². The predicted molar refractivity (Wildman–Crippen MR) is 106 cm³/mol. The molecule has 2 saturated heterocycles. The Labute approximate surface area is 177 Å². The number of anilines is 2. The first-order valence-electron chi connectivity index (χ1n) is 9.95. The van der Waals surface area contributed by atoms with Gasteiger partial charge >= 0.3 is 6.36 Å². The summed E-state index contributed by atoms with van der Waals surface area (Å²) < 4.78 is 47.3. The minimum atomic E-state index is -4.86. The van der Waals surface area contributed by atoms with Gasteiger partial charge in [-0.2, -0.15) is 4.98 Å². The zero-order valence-electron chi connectivity index (χ0n) is 16.7. The van der Waals surface area contributed by atoms with E-state index in [4.69, 9.17) is 4.74 Å². The Morgan fingerprint density at radius 3 is 2.39 bits per heavy atom. The third-order valence-corrected chi connectivity index (χ3v) is 5.16. The van der Waals surface area contributed by atoms with Crippen molar-refractivity contribution >= 4 is 17.7 Å². The maximum absolute atomic E-state index is 12.8. The molecule has 8 nitrogen and oxygen atoms in total. The van der Waals surface area contributed by atoms with E-state index in [-0.39, 0.29) is 5.56 Å². The van der Waals surface area contributed by atoms with Crippen molar-refractivity contribution in [3.8, 4) is 5.75 Å². The number of hydrogen-bond acceptors (Lipinski definition) is 7. The van der Waals surface area contributed by atoms with E-state index >= 15 is 0 Å². The van der Waals surface area contributed by atoms with Gasteiger partial charge in [-0.1, -0.05) is 12.1 Å². The number of carbonyl (C=O) groups excluding carboxylic acids is 1. The molecule has 0 aliphatic carbocycles. The first-order valence-corrected chi connectivity index (χ1v) is 9.95. The quantitative estimate of drug-likeness (QED) is 0.726. The van der Waals surface area contributed by atoms with E-state index in [2.05, 4.69) is 19.6 Å². The van der Waals surface area contributed by atoms with Crippen LogP contribution in [0.3, 0.4) is 0 Å². The van der Waals surface area contributed by atoms with Crippen LogP contribution in [0.2, 0.25) is 0 Å². The zero-order chi connectivity index (χ0) is 21.8. The van der Waals surface area contributed by atoms with E-state index in [1.54, 1.807) is 6.20 Å². The second-order valence-electron chi connectivity index (χ2n) is 7.14. The fourth-order valence-corrected chi connectivity index (χ4v) is 3.60. The Morgan fingerprint density at radius 2 is 1.68 bits per heavy atom. The number of hydrogen-bond donors (Lipinski definition) is 0. The molecule has 11 heteroatoms. The van der Waals surface area contributed by atoms with Crippen LogP contribution >= 0.6 is 0 Å². The van der Waals surface area contributed by atoms with Crippen molar-refractivity contribution in [1.82, 2.24) is 14.9 Å². The summed E-state index contributed by atoms with van der Waals surface area (Å²) in [6, 6.07) is 7.21. The first-order chi connectivity index (χ1) is 14.9. The summed E-state index contributed by atoms with van der Waals surface area (Å²) in [5.41, 5.74) is -0.107. The van der Waals surface area contributed by atoms with Crippen molar-refractivity contribution in [2.75, 3.05) is 62.3 Å². The summed E-state index contributed by atoms with van der Waals surface area (Å²) in [4.78, 5) is 27.4. The van der Waals surface area contributed by atoms with E-state index in [1.165, 1.54) is 23.1 Å². The lowest BCUT2D eigenvalue weighted by Crippen LogP contribution is -2.49. The monoisotopic (exact) mass is 437 g/mol. The van der Waals surface area contributed by atoms with Crippen LogP contribution in [0.15, 0.2) is 36.5 Å². The van der Waals surface area contributed by atoms with Crippen molar-refractivity contribution in [1.29, 1.82) is 0 Å². The predicted octanol–water partition coefficient (Wildman–Crippen LogP) is 2.17. The fraction of sp³-hybridized carbons (Fsp3) is 0.450. The third kappa shape index (κ3) is 5.16. The van der Waals surface area contributed by atoms with Crippen molar-refractivity contribution in [3.05, 3.63) is 42.1 Å². The molecule has 4 rings (SSSR count). The Kier molecular flexibility index (Phi) is 6.12. The van der Waals surface area contributed by atoms with E-state index in [0.717, 1.165) is 25.0 Å². The molecular formula is C20H22F3N5O3. The van der Waals surface area contributed by atoms with Crippen molar-refractivity contribution in [2.45, 2.75) is 6.36 Å². The molecule has 2 fully saturated rings. The van der Waals surface area contributed by atoms with Gasteiger partial charge in [-0.25, -0.2) is 4.98 Å². The molecule has 0 unspecified atom stereocenters. The number of ether oxygens (including phenoxy) is 2. The lowest BCUT2D eigenvalue weighted by atomic mass is 10.1. The molecule has 2 aromatic rings. The molecule has 0 bridgehead atoms. The van der Waals surface area contributed by atoms with Gasteiger partial charge in [0, 0.05) is 45.5 Å². The third-order valence-electron chi connectivity index (χ3n) is 5.16. The van der Waals surface area contributed by atoms with Gasteiger partial charge in [0.25, 0.3) is 5.91 Å². The SMILES string of the molecule is O=C(c1ccccc1OC(F)(F)F)N1CCN(c2ccnc(N3CCOCC3)n2)CC1. The number of carbonyl (C=O) groups is 1. The Balaban J connectivity index is 1.41. The molecule has 0 saturated carbocycles. The molecule has 1 aromatic carbocycles. The number of amides is 1. The molecule has 0 spiro atoms. The largest absolute Gasteiger partial charge is 0.573 e. The Hall–Kier alpha value is -3.08. The summed E-state index contributed by atoms with van der Waals surface area (Å²) >= 11 is 0. The van der Waals surface area contributed by atoms with Crippen LogP contribution in [0.4, 0.5) is 24.9 Å². The zero-order valence-corrected chi connectivity index (χ0v) is 16.7. The van der Waals surface area contributed by atoms with Crippen molar-refractivity contribution in [3.63, 3.8) is 0 Å². The lowest BCUT2D eigenvalue weighted by molar-refractivity contribution is -0.274. The summed E-state index contributed by atoms with van der Waals surface area (Å²) in [5, 5.41) is 0. The Bertz CT molecular complexity index is 913. The lowest BCUT2D eigenvalue weighted by Gasteiger charge is -2.36. The molecule has 0 radical (unpaired) electrons. The highest BCUT2D eigenvalue weighted by Gasteiger charge is 2.34. The summed E-state index contributed by atoms with van der Waals surface area (Å²) in [5.74, 6) is 0.409. The molecule has 0 N–H and O–H groups in total. The minimum absolute atomic E-state index is 0.107. The van der Waals surface area contributed by atoms with Crippen LogP contribution in [0.5, 0.6) is 5.75 Å². The van der Waals surface area contributed by atoms with Crippen LogP contribution in [0, 0.1) is 0 Å². The number of halogens is 3. The normalized spacial score (nSPS) is 17.6. The molecule has 1 amide bonds. The highest BCUT2D eigenvalue weighted by atomic mass is 19.4. The molecule has 166 valence electrons. The number of alkyl halides is 3. The maximum atomic E-state index is 12.8. The number of morpholine rings is 1. The van der Waals surface area contributed by atoms with Gasteiger partial charge in [-0.15, -0.1) is 13.2 Å². The number of nitrogens with zero attached hydrogens (tertiary/aromatic N) is 5. The topological polar surface area (TPSA) is 71.0 Å². The number of aromatic nitrogens is 2. The number of piperazine rings is 1. The van der Waals surface area contributed by atoms with Crippen LogP contribution in [-0.4, -0.2) is 79.6 Å². The van der Waals surface area contributed by atoms with Gasteiger partial charge in [0.1, 0.15) is 11.6 Å². The standard InChI is InChI=1S/C20H22F3N5O3/c21-20(22,23)31-16-4-2-1-3-15(16)18(29)27-9-7-26(8-10-27)17-5-6-24-19(25-17)28-11-13-30-14-12-28/h1-6H,7-14H2. The second kappa shape index (κ2) is 8.96. The summed E-state index contributed by atoms with van der Waals surface area (Å²) in [7, 11) is 0. The van der Waals surface area contributed by atoms with Crippen LogP contribution in [-0.2, 0) is 4.74 Å². The Morgan fingerprint density at radius 1 is 0.968 bits per heavy atom. The van der Waals surface area contributed by atoms with Gasteiger partial charge < -0.3 is 24.2 Å². The molecule has 2 aliphatic heterocycles. The fourth-order valence-electron chi connectivity index (χ4n) is 3.60. The van der Waals surface area contributed by atoms with Crippen molar-refractivity contribution < 1.29 is 27.4 Å². The van der Waals surface area contributed by atoms with E-state index in [9.17, 15) is 18.0 Å². The van der Waals surface area contributed by atoms with E-state index < -0.39 is 18.0 Å². The maximum Gasteiger partial charge on any atom is 0.573 e. The summed E-state index contributed by atoms with van der Waals surface area (Å²) in [6.07, 6.45) is -3.16.